The van der Waals surface area contributed by atoms with Gasteiger partial charge < -0.3 is 15.0 Å². The van der Waals surface area contributed by atoms with Gasteiger partial charge in [-0.05, 0) is 67.3 Å². The number of hydrogen-bond acceptors (Lipinski definition) is 5. The van der Waals surface area contributed by atoms with Gasteiger partial charge in [0.2, 0.25) is 11.8 Å². The number of nitrogens with zero attached hydrogens (tertiary/aromatic N) is 2. The molecule has 1 unspecified atom stereocenters. The number of hydrogen-bond donors (Lipinski definition) is 1. The van der Waals surface area contributed by atoms with Crippen molar-refractivity contribution in [3.8, 4) is 5.75 Å². The molecule has 47 heavy (non-hydrogen) atoms. The molecule has 0 aromatic heterocycles. The first kappa shape index (κ1) is 35.5. The first-order valence-electron chi connectivity index (χ1n) is 15.6. The van der Waals surface area contributed by atoms with Gasteiger partial charge in [-0.1, -0.05) is 97.2 Å². The first-order valence-corrected chi connectivity index (χ1v) is 17.5. The van der Waals surface area contributed by atoms with Crippen LogP contribution < -0.4 is 14.4 Å². The number of methoxy groups -OCH3 is 1. The van der Waals surface area contributed by atoms with Crippen LogP contribution in [0.1, 0.15) is 42.0 Å². The van der Waals surface area contributed by atoms with Crippen LogP contribution in [0.25, 0.3) is 0 Å². The second-order valence-electron chi connectivity index (χ2n) is 11.5. The number of sulfonamides is 1. The average Bonchev–Trinajstić information content (AvgIpc) is 3.06. The molecule has 8 nitrogen and oxygen atoms in total. The Kier molecular flexibility index (Phi) is 12.4. The molecule has 0 saturated carbocycles. The van der Waals surface area contributed by atoms with E-state index < -0.39 is 28.5 Å². The smallest absolute Gasteiger partial charge is 0.264 e. The number of aryl methyl sites for hydroxylation is 2. The predicted molar refractivity (Wildman–Crippen MR) is 187 cm³/mol. The number of carbonyl (C=O) groups is 2. The van der Waals surface area contributed by atoms with Gasteiger partial charge in [-0.3, -0.25) is 13.9 Å². The Balaban J connectivity index is 1.85. The van der Waals surface area contributed by atoms with E-state index in [1.54, 1.807) is 48.5 Å². The fourth-order valence-electron chi connectivity index (χ4n) is 5.22. The van der Waals surface area contributed by atoms with Gasteiger partial charge in [-0.15, -0.1) is 0 Å². The van der Waals surface area contributed by atoms with Gasteiger partial charge in [-0.25, -0.2) is 8.42 Å². The highest BCUT2D eigenvalue weighted by Gasteiger charge is 2.35. The largest absolute Gasteiger partial charge is 0.495 e. The minimum absolute atomic E-state index is 0.0133. The molecule has 0 fully saturated rings. The molecular formula is C37H42ClN3O5S. The summed E-state index contributed by atoms with van der Waals surface area (Å²) < 4.78 is 35.4. The minimum atomic E-state index is -4.27. The van der Waals surface area contributed by atoms with Crippen LogP contribution in [0.15, 0.2) is 102 Å². The van der Waals surface area contributed by atoms with Crippen molar-refractivity contribution in [3.63, 3.8) is 0 Å². The molecule has 0 bridgehead atoms. The van der Waals surface area contributed by atoms with Crippen molar-refractivity contribution in [1.82, 2.24) is 10.2 Å². The lowest BCUT2D eigenvalue weighted by molar-refractivity contribution is -0.140. The van der Waals surface area contributed by atoms with E-state index in [1.165, 1.54) is 24.1 Å². The molecule has 0 aliphatic rings. The summed E-state index contributed by atoms with van der Waals surface area (Å²) in [5, 5.41) is 3.42. The van der Waals surface area contributed by atoms with Crippen LogP contribution in [-0.2, 0) is 32.6 Å². The zero-order valence-electron chi connectivity index (χ0n) is 27.3. The van der Waals surface area contributed by atoms with E-state index in [9.17, 15) is 18.0 Å². The lowest BCUT2D eigenvalue weighted by atomic mass is 10.0. The molecule has 0 radical (unpaired) electrons. The highest BCUT2D eigenvalue weighted by molar-refractivity contribution is 7.92. The Morgan fingerprint density at radius 3 is 2.21 bits per heavy atom. The number of ether oxygens (including phenoxy) is 1. The van der Waals surface area contributed by atoms with E-state index >= 15 is 0 Å². The van der Waals surface area contributed by atoms with Gasteiger partial charge >= 0.3 is 0 Å². The third kappa shape index (κ3) is 9.14. The lowest BCUT2D eigenvalue weighted by Crippen LogP contribution is -2.53. The van der Waals surface area contributed by atoms with Crippen molar-refractivity contribution in [3.05, 3.63) is 124 Å². The number of rotatable bonds is 15. The molecular weight excluding hydrogens is 634 g/mol. The van der Waals surface area contributed by atoms with E-state index in [1.807, 2.05) is 57.2 Å². The van der Waals surface area contributed by atoms with Gasteiger partial charge in [0, 0.05) is 24.5 Å². The number of unbranched alkanes of at least 4 members (excludes halogenated alkanes) is 1. The summed E-state index contributed by atoms with van der Waals surface area (Å²) in [6.07, 6.45) is 1.88. The van der Waals surface area contributed by atoms with Gasteiger partial charge in [0.15, 0.2) is 0 Å². The predicted octanol–water partition coefficient (Wildman–Crippen LogP) is 6.72. The molecule has 1 N–H and O–H groups in total. The molecule has 4 aromatic carbocycles. The first-order chi connectivity index (χ1) is 22.5. The fourth-order valence-corrected chi connectivity index (χ4v) is 6.83. The second kappa shape index (κ2) is 16.5. The quantitative estimate of drug-likeness (QED) is 0.141. The maximum absolute atomic E-state index is 14.7. The Labute approximate surface area is 283 Å². The topological polar surface area (TPSA) is 96.0 Å². The fraction of sp³-hybridized carbons (Fsp3) is 0.297. The summed E-state index contributed by atoms with van der Waals surface area (Å²) in [5.74, 6) is -0.616. The molecule has 4 aromatic rings. The van der Waals surface area contributed by atoms with Crippen molar-refractivity contribution < 1.29 is 22.7 Å². The van der Waals surface area contributed by atoms with Gasteiger partial charge in [0.1, 0.15) is 18.3 Å². The summed E-state index contributed by atoms with van der Waals surface area (Å²) in [5.41, 5.74) is 3.37. The van der Waals surface area contributed by atoms with E-state index in [2.05, 4.69) is 5.32 Å². The zero-order chi connectivity index (χ0) is 34.0. The van der Waals surface area contributed by atoms with Crippen LogP contribution >= 0.6 is 11.6 Å². The van der Waals surface area contributed by atoms with Crippen LogP contribution in [-0.4, -0.2) is 51.4 Å². The van der Waals surface area contributed by atoms with Crippen molar-refractivity contribution in [1.29, 1.82) is 0 Å². The van der Waals surface area contributed by atoms with Crippen LogP contribution in [0.4, 0.5) is 5.69 Å². The number of carbonyl (C=O) groups excluding carboxylic acids is 2. The normalized spacial score (nSPS) is 11.9. The SMILES string of the molecule is CCCCNC(=O)C(Cc1ccccc1)N(Cc1ccccc1Cl)C(=O)CN(c1cc(C)ccc1OC)S(=O)(=O)c1ccc(C)cc1. The van der Waals surface area contributed by atoms with Crippen LogP contribution in [0.5, 0.6) is 5.75 Å². The van der Waals surface area contributed by atoms with Crippen molar-refractivity contribution in [2.45, 2.75) is 57.5 Å². The molecule has 0 aliphatic heterocycles. The van der Waals surface area contributed by atoms with Crippen molar-refractivity contribution in [2.24, 2.45) is 0 Å². The second-order valence-corrected chi connectivity index (χ2v) is 13.7. The van der Waals surface area contributed by atoms with Crippen molar-refractivity contribution >= 4 is 39.1 Å². The van der Waals surface area contributed by atoms with Gasteiger partial charge in [0.25, 0.3) is 10.0 Å². The lowest BCUT2D eigenvalue weighted by Gasteiger charge is -2.34. The Hall–Kier alpha value is -4.34. The summed E-state index contributed by atoms with van der Waals surface area (Å²) in [7, 11) is -2.82. The molecule has 0 heterocycles. The number of anilines is 1. The maximum Gasteiger partial charge on any atom is 0.264 e. The molecule has 0 saturated heterocycles. The molecule has 10 heteroatoms. The van der Waals surface area contributed by atoms with E-state index in [0.29, 0.717) is 17.1 Å². The number of halogens is 1. The monoisotopic (exact) mass is 675 g/mol. The highest BCUT2D eigenvalue weighted by Crippen LogP contribution is 2.34. The maximum atomic E-state index is 14.7. The zero-order valence-corrected chi connectivity index (χ0v) is 28.9. The number of benzene rings is 4. The summed E-state index contributed by atoms with van der Waals surface area (Å²) >= 11 is 6.58. The minimum Gasteiger partial charge on any atom is -0.495 e. The van der Waals surface area contributed by atoms with E-state index in [0.717, 1.165) is 33.8 Å². The molecule has 1 atom stereocenters. The molecule has 0 spiro atoms. The third-order valence-electron chi connectivity index (χ3n) is 7.89. The molecule has 0 aliphatic carbocycles. The Morgan fingerprint density at radius 1 is 0.894 bits per heavy atom. The summed E-state index contributed by atoms with van der Waals surface area (Å²) in [4.78, 5) is 30.0. The molecule has 2 amide bonds. The Morgan fingerprint density at radius 2 is 1.55 bits per heavy atom. The number of nitrogens with one attached hydrogen (secondary N) is 1. The third-order valence-corrected chi connectivity index (χ3v) is 10.0. The van der Waals surface area contributed by atoms with E-state index in [-0.39, 0.29) is 35.2 Å². The van der Waals surface area contributed by atoms with Crippen molar-refractivity contribution in [2.75, 3.05) is 24.5 Å². The van der Waals surface area contributed by atoms with Gasteiger partial charge in [0.05, 0.1) is 17.7 Å². The van der Waals surface area contributed by atoms with Crippen LogP contribution in [0.3, 0.4) is 0 Å². The summed E-state index contributed by atoms with van der Waals surface area (Å²) in [6, 6.07) is 27.2. The van der Waals surface area contributed by atoms with Gasteiger partial charge in [-0.2, -0.15) is 0 Å². The number of amides is 2. The van der Waals surface area contributed by atoms with E-state index in [4.69, 9.17) is 16.3 Å². The average molecular weight is 676 g/mol. The molecule has 4 rings (SSSR count). The molecule has 248 valence electrons. The highest BCUT2D eigenvalue weighted by atomic mass is 35.5. The van der Waals surface area contributed by atoms with Crippen LogP contribution in [0, 0.1) is 13.8 Å². The van der Waals surface area contributed by atoms with Crippen LogP contribution in [0.2, 0.25) is 5.02 Å². The summed E-state index contributed by atoms with van der Waals surface area (Å²) in [6.45, 7) is 5.58. The Bertz CT molecular complexity index is 1760. The standard InChI is InChI=1S/C37H42ClN3O5S/c1-5-6-22-39-37(43)34(24-29-12-8-7-9-13-29)40(25-30-14-10-11-15-32(30)38)36(42)26-41(33-23-28(3)18-21-35(33)46-4)47(44,45)31-19-16-27(2)17-20-31/h7-21,23,34H,5-6,22,24-26H2,1-4H3,(H,39,43).